The fraction of sp³-hybridized carbons (Fsp3) is 0.500. The summed E-state index contributed by atoms with van der Waals surface area (Å²) in [5.74, 6) is 0.523. The summed E-state index contributed by atoms with van der Waals surface area (Å²) in [6, 6.07) is 0. The molecule has 0 aliphatic carbocycles. The van der Waals surface area contributed by atoms with E-state index in [1.807, 2.05) is 0 Å². The van der Waals surface area contributed by atoms with E-state index in [0.29, 0.717) is 5.92 Å². The minimum absolute atomic E-state index is 0.523. The van der Waals surface area contributed by atoms with Crippen molar-refractivity contribution < 1.29 is 0 Å². The monoisotopic (exact) mass is 218 g/mol. The lowest BCUT2D eigenvalue weighted by Gasteiger charge is -2.12. The van der Waals surface area contributed by atoms with Crippen molar-refractivity contribution in [1.29, 1.82) is 0 Å². The van der Waals surface area contributed by atoms with Crippen molar-refractivity contribution >= 4 is 6.21 Å². The Morgan fingerprint density at radius 3 is 2.56 bits per heavy atom. The van der Waals surface area contributed by atoms with Crippen LogP contribution in [0.2, 0.25) is 0 Å². The molecule has 0 radical (unpaired) electrons. The normalized spacial score (nSPS) is 18.2. The van der Waals surface area contributed by atoms with Crippen LogP contribution in [0.3, 0.4) is 0 Å². The van der Waals surface area contributed by atoms with Gasteiger partial charge in [-0.1, -0.05) is 20.4 Å². The Morgan fingerprint density at radius 1 is 1.31 bits per heavy atom. The molecule has 1 saturated heterocycles. The SMILES string of the molecule is C=C\N=C/C=C(/C=C/N1CCCC1)C(C)C. The van der Waals surface area contributed by atoms with Crippen LogP contribution in [0.4, 0.5) is 0 Å². The molecular formula is C14H22N2. The molecular weight excluding hydrogens is 196 g/mol. The maximum Gasteiger partial charge on any atom is 0.0270 e. The van der Waals surface area contributed by atoms with Crippen LogP contribution in [0.25, 0.3) is 0 Å². The van der Waals surface area contributed by atoms with E-state index in [4.69, 9.17) is 0 Å². The standard InChI is InChI=1S/C14H22N2/c1-4-15-9-7-14(13(2)3)8-12-16-10-5-6-11-16/h4,7-9,12-13H,1,5-6,10-11H2,2-3H3/b12-8+,14-7-,15-9-. The lowest BCUT2D eigenvalue weighted by molar-refractivity contribution is 0.467. The van der Waals surface area contributed by atoms with Crippen molar-refractivity contribution in [2.75, 3.05) is 13.1 Å². The third-order valence-electron chi connectivity index (χ3n) is 2.74. The largest absolute Gasteiger partial charge is 0.377 e. The van der Waals surface area contributed by atoms with E-state index >= 15 is 0 Å². The van der Waals surface area contributed by atoms with Crippen LogP contribution >= 0.6 is 0 Å². The molecule has 1 aliphatic heterocycles. The quantitative estimate of drug-likeness (QED) is 0.510. The number of hydrogen-bond acceptors (Lipinski definition) is 2. The topological polar surface area (TPSA) is 15.6 Å². The minimum atomic E-state index is 0.523. The zero-order valence-corrected chi connectivity index (χ0v) is 10.4. The molecule has 1 fully saturated rings. The van der Waals surface area contributed by atoms with Crippen molar-refractivity contribution in [3.63, 3.8) is 0 Å². The van der Waals surface area contributed by atoms with Crippen LogP contribution < -0.4 is 0 Å². The molecule has 2 heteroatoms. The van der Waals surface area contributed by atoms with E-state index in [-0.39, 0.29) is 0 Å². The van der Waals surface area contributed by atoms with Gasteiger partial charge in [0.1, 0.15) is 0 Å². The van der Waals surface area contributed by atoms with Gasteiger partial charge in [0, 0.05) is 25.5 Å². The average Bonchev–Trinajstić information content (AvgIpc) is 2.75. The van der Waals surface area contributed by atoms with Crippen molar-refractivity contribution in [3.05, 3.63) is 36.7 Å². The maximum absolute atomic E-state index is 3.99. The van der Waals surface area contributed by atoms with E-state index in [9.17, 15) is 0 Å². The molecule has 1 rings (SSSR count). The lowest BCUT2D eigenvalue weighted by Crippen LogP contribution is -2.10. The minimum Gasteiger partial charge on any atom is -0.377 e. The first-order chi connectivity index (χ1) is 7.74. The van der Waals surface area contributed by atoms with Crippen LogP contribution in [0.5, 0.6) is 0 Å². The molecule has 88 valence electrons. The fourth-order valence-electron chi connectivity index (χ4n) is 1.71. The Kier molecular flexibility index (Phi) is 5.62. The van der Waals surface area contributed by atoms with Gasteiger partial charge in [-0.2, -0.15) is 0 Å². The summed E-state index contributed by atoms with van der Waals surface area (Å²) in [4.78, 5) is 6.36. The van der Waals surface area contributed by atoms with Crippen molar-refractivity contribution in [2.24, 2.45) is 10.9 Å². The van der Waals surface area contributed by atoms with Crippen LogP contribution in [0.1, 0.15) is 26.7 Å². The van der Waals surface area contributed by atoms with E-state index in [0.717, 1.165) is 0 Å². The molecule has 0 unspecified atom stereocenters. The summed E-state index contributed by atoms with van der Waals surface area (Å²) in [7, 11) is 0. The lowest BCUT2D eigenvalue weighted by atomic mass is 10.0. The smallest absolute Gasteiger partial charge is 0.0270 e. The highest BCUT2D eigenvalue weighted by Gasteiger charge is 2.06. The number of rotatable bonds is 5. The van der Waals surface area contributed by atoms with E-state index in [1.165, 1.54) is 31.5 Å². The number of hydrogen-bond donors (Lipinski definition) is 0. The van der Waals surface area contributed by atoms with Gasteiger partial charge < -0.3 is 4.90 Å². The molecule has 0 saturated carbocycles. The summed E-state index contributed by atoms with van der Waals surface area (Å²) in [5, 5.41) is 0. The van der Waals surface area contributed by atoms with Gasteiger partial charge in [-0.05, 0) is 42.7 Å². The van der Waals surface area contributed by atoms with Crippen molar-refractivity contribution in [2.45, 2.75) is 26.7 Å². The second-order valence-electron chi connectivity index (χ2n) is 4.36. The molecule has 0 aromatic rings. The van der Waals surface area contributed by atoms with Crippen LogP contribution in [-0.4, -0.2) is 24.2 Å². The molecule has 2 nitrogen and oxygen atoms in total. The van der Waals surface area contributed by atoms with Crippen LogP contribution in [0.15, 0.2) is 41.7 Å². The highest BCUT2D eigenvalue weighted by Crippen LogP contribution is 2.13. The van der Waals surface area contributed by atoms with Crippen molar-refractivity contribution in [1.82, 2.24) is 4.90 Å². The summed E-state index contributed by atoms with van der Waals surface area (Å²) >= 11 is 0. The average molecular weight is 218 g/mol. The maximum atomic E-state index is 3.99. The second kappa shape index (κ2) is 7.04. The Hall–Kier alpha value is -1.31. The first kappa shape index (κ1) is 12.8. The molecule has 0 N–H and O–H groups in total. The zero-order valence-electron chi connectivity index (χ0n) is 10.4. The van der Waals surface area contributed by atoms with Crippen molar-refractivity contribution in [3.8, 4) is 0 Å². The van der Waals surface area contributed by atoms with E-state index < -0.39 is 0 Å². The van der Waals surface area contributed by atoms with Crippen LogP contribution in [0, 0.1) is 5.92 Å². The summed E-state index contributed by atoms with van der Waals surface area (Å²) < 4.78 is 0. The molecule has 0 atom stereocenters. The summed E-state index contributed by atoms with van der Waals surface area (Å²) in [5.41, 5.74) is 1.30. The fourth-order valence-corrected chi connectivity index (χ4v) is 1.71. The van der Waals surface area contributed by atoms with Gasteiger partial charge in [0.2, 0.25) is 0 Å². The molecule has 0 spiro atoms. The number of nitrogens with zero attached hydrogens (tertiary/aromatic N) is 2. The Balaban J connectivity index is 2.59. The first-order valence-electron chi connectivity index (χ1n) is 6.00. The number of aliphatic imine (C=N–C) groups is 1. The molecule has 0 bridgehead atoms. The van der Waals surface area contributed by atoms with Gasteiger partial charge in [0.05, 0.1) is 0 Å². The highest BCUT2D eigenvalue weighted by atomic mass is 15.1. The third kappa shape index (κ3) is 4.47. The van der Waals surface area contributed by atoms with Gasteiger partial charge in [-0.3, -0.25) is 4.99 Å². The predicted octanol–water partition coefficient (Wildman–Crippen LogP) is 3.39. The highest BCUT2D eigenvalue weighted by molar-refractivity contribution is 5.73. The van der Waals surface area contributed by atoms with Gasteiger partial charge in [-0.25, -0.2) is 0 Å². The molecule has 16 heavy (non-hydrogen) atoms. The van der Waals surface area contributed by atoms with E-state index in [1.54, 1.807) is 12.4 Å². The molecule has 1 heterocycles. The summed E-state index contributed by atoms with van der Waals surface area (Å²) in [6.45, 7) is 10.3. The Bertz CT molecular complexity index is 292. The molecule has 0 aromatic carbocycles. The third-order valence-corrected chi connectivity index (χ3v) is 2.74. The zero-order chi connectivity index (χ0) is 11.8. The molecule has 0 aromatic heterocycles. The molecule has 0 amide bonds. The molecule has 1 aliphatic rings. The van der Waals surface area contributed by atoms with Gasteiger partial charge >= 0.3 is 0 Å². The summed E-state index contributed by atoms with van der Waals surface area (Å²) in [6.07, 6.45) is 12.5. The van der Waals surface area contributed by atoms with Gasteiger partial charge in [0.25, 0.3) is 0 Å². The Morgan fingerprint density at radius 2 is 2.00 bits per heavy atom. The first-order valence-corrected chi connectivity index (χ1v) is 6.00. The van der Waals surface area contributed by atoms with Gasteiger partial charge in [0.15, 0.2) is 0 Å². The number of allylic oxidation sites excluding steroid dienone is 3. The number of likely N-dealkylation sites (tertiary alicyclic amines) is 1. The van der Waals surface area contributed by atoms with Gasteiger partial charge in [-0.15, -0.1) is 0 Å². The van der Waals surface area contributed by atoms with E-state index in [2.05, 4.69) is 48.7 Å². The second-order valence-corrected chi connectivity index (χ2v) is 4.36. The Labute approximate surface area is 99.1 Å². The van der Waals surface area contributed by atoms with Crippen LogP contribution in [-0.2, 0) is 0 Å². The predicted molar refractivity (Wildman–Crippen MR) is 71.6 cm³/mol.